The van der Waals surface area contributed by atoms with Crippen molar-refractivity contribution in [3.8, 4) is 0 Å². The first-order valence-electron chi connectivity index (χ1n) is 23.2. The second-order valence-electron chi connectivity index (χ2n) is 15.4. The zero-order chi connectivity index (χ0) is 43.3. The van der Waals surface area contributed by atoms with E-state index in [9.17, 15) is 24.2 Å². The number of carbonyl (C=O) groups is 2. The first-order valence-corrected chi connectivity index (χ1v) is 24.7. The van der Waals surface area contributed by atoms with Gasteiger partial charge in [0.05, 0.1) is 19.8 Å². The molecule has 0 saturated carbocycles. The summed E-state index contributed by atoms with van der Waals surface area (Å²) >= 11 is 0. The summed E-state index contributed by atoms with van der Waals surface area (Å²) in [5.41, 5.74) is 0. The van der Waals surface area contributed by atoms with E-state index in [0.717, 1.165) is 83.5 Å². The number of aliphatic hydroxyl groups is 2. The van der Waals surface area contributed by atoms with Gasteiger partial charge in [-0.15, -0.1) is 0 Å². The minimum Gasteiger partial charge on any atom is -0.462 e. The van der Waals surface area contributed by atoms with Crippen LogP contribution in [0.5, 0.6) is 0 Å². The van der Waals surface area contributed by atoms with E-state index in [4.69, 9.17) is 23.6 Å². The summed E-state index contributed by atoms with van der Waals surface area (Å²) in [5, 5.41) is 18.4. The zero-order valence-corrected chi connectivity index (χ0v) is 38.1. The van der Waals surface area contributed by atoms with Gasteiger partial charge in [0.25, 0.3) is 0 Å². The third kappa shape index (κ3) is 43.6. The van der Waals surface area contributed by atoms with Crippen LogP contribution in [0.25, 0.3) is 0 Å². The van der Waals surface area contributed by atoms with Gasteiger partial charge in [-0.2, -0.15) is 0 Å². The number of aliphatic hydroxyl groups excluding tert-OH is 2. The third-order valence-electron chi connectivity index (χ3n) is 9.66. The van der Waals surface area contributed by atoms with E-state index < -0.39 is 51.8 Å². The van der Waals surface area contributed by atoms with Crippen LogP contribution in [0.4, 0.5) is 0 Å². The lowest BCUT2D eigenvalue weighted by molar-refractivity contribution is -0.161. The van der Waals surface area contributed by atoms with Gasteiger partial charge in [0.2, 0.25) is 0 Å². The van der Waals surface area contributed by atoms with Gasteiger partial charge in [-0.25, -0.2) is 4.57 Å². The molecule has 0 rings (SSSR count). The molecule has 10 nitrogen and oxygen atoms in total. The summed E-state index contributed by atoms with van der Waals surface area (Å²) in [6.45, 7) is 2.24. The van der Waals surface area contributed by atoms with Crippen LogP contribution in [0.1, 0.15) is 194 Å². The molecular weight excluding hydrogens is 767 g/mol. The van der Waals surface area contributed by atoms with E-state index in [1.54, 1.807) is 0 Å². The minimum absolute atomic E-state index is 0.162. The van der Waals surface area contributed by atoms with Gasteiger partial charge in [-0.3, -0.25) is 18.6 Å². The molecule has 0 aliphatic rings. The average molecular weight is 853 g/mol. The Morgan fingerprint density at radius 2 is 0.932 bits per heavy atom. The first-order chi connectivity index (χ1) is 28.7. The highest BCUT2D eigenvalue weighted by molar-refractivity contribution is 7.47. The molecule has 3 unspecified atom stereocenters. The number of unbranched alkanes of at least 4 members (excludes halogenated alkanes) is 19. The van der Waals surface area contributed by atoms with Crippen LogP contribution >= 0.6 is 7.82 Å². The molecule has 0 saturated heterocycles. The number of ether oxygens (including phenoxy) is 2. The van der Waals surface area contributed by atoms with E-state index in [0.29, 0.717) is 12.8 Å². The van der Waals surface area contributed by atoms with Crippen molar-refractivity contribution in [3.63, 3.8) is 0 Å². The van der Waals surface area contributed by atoms with Crippen molar-refractivity contribution in [3.05, 3.63) is 60.8 Å². The SMILES string of the molecule is CC/C=C\C/C=C\C/C=C\CCCCCCCC(=O)OC(COC(=O)CCCCCCCCCCC/C=C\C/C=C\CCCCCCC)COP(=O)(O)OCC(O)CO. The maximum Gasteiger partial charge on any atom is 0.472 e. The quantitative estimate of drug-likeness (QED) is 0.0234. The lowest BCUT2D eigenvalue weighted by atomic mass is 10.1. The van der Waals surface area contributed by atoms with Gasteiger partial charge >= 0.3 is 19.8 Å². The van der Waals surface area contributed by atoms with Crippen LogP contribution in [0.2, 0.25) is 0 Å². The number of hydrogen-bond acceptors (Lipinski definition) is 9. The van der Waals surface area contributed by atoms with Crippen molar-refractivity contribution in [1.82, 2.24) is 0 Å². The van der Waals surface area contributed by atoms with Gasteiger partial charge in [0.1, 0.15) is 12.7 Å². The highest BCUT2D eigenvalue weighted by atomic mass is 31.2. The molecule has 11 heteroatoms. The van der Waals surface area contributed by atoms with E-state index in [1.807, 2.05) is 0 Å². The van der Waals surface area contributed by atoms with Crippen LogP contribution in [-0.4, -0.2) is 65.7 Å². The Kier molecular flexibility index (Phi) is 42.0. The number of carbonyl (C=O) groups excluding carboxylic acids is 2. The van der Waals surface area contributed by atoms with Gasteiger partial charge in [-0.05, 0) is 77.0 Å². The number of allylic oxidation sites excluding steroid dienone is 10. The molecule has 0 bridgehead atoms. The highest BCUT2D eigenvalue weighted by Gasteiger charge is 2.27. The largest absolute Gasteiger partial charge is 0.472 e. The fraction of sp³-hybridized carbons (Fsp3) is 0.750. The van der Waals surface area contributed by atoms with Crippen molar-refractivity contribution in [2.75, 3.05) is 26.4 Å². The normalized spacial score (nSPS) is 14.3. The van der Waals surface area contributed by atoms with Crippen LogP contribution in [0.3, 0.4) is 0 Å². The number of phosphoric ester groups is 1. The predicted octanol–water partition coefficient (Wildman–Crippen LogP) is 12.7. The summed E-state index contributed by atoms with van der Waals surface area (Å²) < 4.78 is 32.7. The molecule has 3 N–H and O–H groups in total. The van der Waals surface area contributed by atoms with E-state index in [1.165, 1.54) is 70.6 Å². The van der Waals surface area contributed by atoms with Gasteiger partial charge in [0.15, 0.2) is 6.10 Å². The second kappa shape index (κ2) is 43.7. The molecular formula is C48H85O10P. The van der Waals surface area contributed by atoms with Crippen molar-refractivity contribution in [2.45, 2.75) is 206 Å². The number of esters is 2. The molecule has 0 aromatic rings. The Bertz CT molecular complexity index is 1160. The van der Waals surface area contributed by atoms with Crippen LogP contribution < -0.4 is 0 Å². The van der Waals surface area contributed by atoms with Gasteiger partial charge in [-0.1, -0.05) is 164 Å². The predicted molar refractivity (Wildman–Crippen MR) is 242 cm³/mol. The standard InChI is InChI=1S/C48H85O10P/c1-3-5-7-9-11-13-15-17-19-20-21-22-23-24-26-27-29-31-33-35-37-39-47(51)55-43-46(44-57-59(53,54)56-42-45(50)41-49)58-48(52)40-38-36-34-32-30-28-25-18-16-14-12-10-8-6-4-2/h6,8,12,14-15,17-18,20-21,25,45-46,49-50H,3-5,7,9-11,13,16,19,22-24,26-44H2,1-2H3,(H,53,54)/b8-6-,14-12-,17-15-,21-20-,25-18-. The van der Waals surface area contributed by atoms with Crippen LogP contribution in [0.15, 0.2) is 60.8 Å². The lowest BCUT2D eigenvalue weighted by Gasteiger charge is -2.20. The molecule has 0 amide bonds. The molecule has 0 aromatic heterocycles. The van der Waals surface area contributed by atoms with Crippen LogP contribution in [-0.2, 0) is 32.7 Å². The fourth-order valence-electron chi connectivity index (χ4n) is 6.10. The van der Waals surface area contributed by atoms with Crippen molar-refractivity contribution >= 4 is 19.8 Å². The number of rotatable bonds is 43. The topological polar surface area (TPSA) is 149 Å². The molecule has 0 aliphatic carbocycles. The number of phosphoric acid groups is 1. The molecule has 0 aliphatic heterocycles. The average Bonchev–Trinajstić information content (AvgIpc) is 3.22. The molecule has 342 valence electrons. The van der Waals surface area contributed by atoms with E-state index in [2.05, 4.69) is 74.6 Å². The molecule has 59 heavy (non-hydrogen) atoms. The third-order valence-corrected chi connectivity index (χ3v) is 10.6. The zero-order valence-electron chi connectivity index (χ0n) is 37.2. The fourth-order valence-corrected chi connectivity index (χ4v) is 6.89. The minimum atomic E-state index is -4.63. The molecule has 3 atom stereocenters. The maximum absolute atomic E-state index is 12.6. The Labute approximate surface area is 359 Å². The summed E-state index contributed by atoms with van der Waals surface area (Å²) in [5.74, 6) is -0.950. The van der Waals surface area contributed by atoms with Crippen molar-refractivity contribution in [2.24, 2.45) is 0 Å². The Morgan fingerprint density at radius 3 is 1.41 bits per heavy atom. The first kappa shape index (κ1) is 56.7. The summed E-state index contributed by atoms with van der Waals surface area (Å²) in [6, 6.07) is 0. The van der Waals surface area contributed by atoms with Gasteiger partial charge < -0.3 is 24.6 Å². The van der Waals surface area contributed by atoms with Crippen molar-refractivity contribution < 1.29 is 47.8 Å². The molecule has 0 aromatic carbocycles. The Hall–Kier alpha value is -2.33. The summed E-state index contributed by atoms with van der Waals surface area (Å²) in [6.07, 6.45) is 49.0. The highest BCUT2D eigenvalue weighted by Crippen LogP contribution is 2.43. The smallest absolute Gasteiger partial charge is 0.462 e. The molecule has 0 fully saturated rings. The monoisotopic (exact) mass is 853 g/mol. The summed E-state index contributed by atoms with van der Waals surface area (Å²) in [7, 11) is -4.63. The second-order valence-corrected chi connectivity index (χ2v) is 16.8. The van der Waals surface area contributed by atoms with Crippen LogP contribution in [0, 0.1) is 0 Å². The van der Waals surface area contributed by atoms with Gasteiger partial charge in [0, 0.05) is 12.8 Å². The lowest BCUT2D eigenvalue weighted by Crippen LogP contribution is -2.29. The number of hydrogen-bond donors (Lipinski definition) is 3. The molecule has 0 spiro atoms. The molecule has 0 heterocycles. The molecule has 0 radical (unpaired) electrons. The maximum atomic E-state index is 12.6. The van der Waals surface area contributed by atoms with E-state index in [-0.39, 0.29) is 19.4 Å². The Balaban J connectivity index is 4.25. The Morgan fingerprint density at radius 1 is 0.525 bits per heavy atom. The van der Waals surface area contributed by atoms with Crippen molar-refractivity contribution in [1.29, 1.82) is 0 Å². The van der Waals surface area contributed by atoms with E-state index >= 15 is 0 Å². The summed E-state index contributed by atoms with van der Waals surface area (Å²) in [4.78, 5) is 35.1.